The van der Waals surface area contributed by atoms with Crippen molar-refractivity contribution in [3.8, 4) is 16.9 Å². The number of halogens is 1. The Morgan fingerprint density at radius 2 is 1.89 bits per heavy atom. The molecule has 0 unspecified atom stereocenters. The molecule has 1 heterocycles. The van der Waals surface area contributed by atoms with Gasteiger partial charge in [-0.1, -0.05) is 18.2 Å². The molecule has 0 radical (unpaired) electrons. The van der Waals surface area contributed by atoms with E-state index in [1.54, 1.807) is 12.1 Å². The fourth-order valence-electron chi connectivity index (χ4n) is 2.27. The Labute approximate surface area is 110 Å². The van der Waals surface area contributed by atoms with Gasteiger partial charge in [0.2, 0.25) is 0 Å². The number of ketones is 1. The molecule has 0 aliphatic carbocycles. The van der Waals surface area contributed by atoms with Crippen LogP contribution < -0.4 is 4.74 Å². The zero-order valence-corrected chi connectivity index (χ0v) is 10.4. The molecule has 0 saturated heterocycles. The lowest BCUT2D eigenvalue weighted by Gasteiger charge is -2.09. The van der Waals surface area contributed by atoms with Gasteiger partial charge < -0.3 is 4.74 Å². The lowest BCUT2D eigenvalue weighted by atomic mass is 10.0. The lowest BCUT2D eigenvalue weighted by molar-refractivity contribution is 0.0983. The van der Waals surface area contributed by atoms with Gasteiger partial charge in [-0.05, 0) is 41.8 Å². The number of ether oxygens (including phenoxy) is 1. The summed E-state index contributed by atoms with van der Waals surface area (Å²) in [6.45, 7) is 0.547. The summed E-state index contributed by atoms with van der Waals surface area (Å²) in [5.74, 6) is 0.437. The van der Waals surface area contributed by atoms with Crippen molar-refractivity contribution < 1.29 is 13.9 Å². The Kier molecular flexibility index (Phi) is 3.03. The minimum atomic E-state index is -0.274. The maximum atomic E-state index is 13.2. The highest BCUT2D eigenvalue weighted by Crippen LogP contribution is 2.30. The first-order chi connectivity index (χ1) is 9.24. The van der Waals surface area contributed by atoms with Gasteiger partial charge in [-0.2, -0.15) is 0 Å². The lowest BCUT2D eigenvalue weighted by Crippen LogP contribution is -1.97. The van der Waals surface area contributed by atoms with Gasteiger partial charge in [0.05, 0.1) is 12.2 Å². The zero-order chi connectivity index (χ0) is 13.2. The van der Waals surface area contributed by atoms with E-state index in [2.05, 4.69) is 0 Å². The molecular formula is C16H13FO2. The Morgan fingerprint density at radius 3 is 2.74 bits per heavy atom. The van der Waals surface area contributed by atoms with Gasteiger partial charge in [-0.15, -0.1) is 0 Å². The fourth-order valence-corrected chi connectivity index (χ4v) is 2.27. The largest absolute Gasteiger partial charge is 0.493 e. The fraction of sp³-hybridized carbons (Fsp3) is 0.188. The molecule has 1 aliphatic heterocycles. The van der Waals surface area contributed by atoms with E-state index < -0.39 is 0 Å². The van der Waals surface area contributed by atoms with E-state index in [-0.39, 0.29) is 11.6 Å². The summed E-state index contributed by atoms with van der Waals surface area (Å²) in [6, 6.07) is 11.8. The first-order valence-corrected chi connectivity index (χ1v) is 6.30. The summed E-state index contributed by atoms with van der Waals surface area (Å²) in [6.07, 6.45) is 1.26. The van der Waals surface area contributed by atoms with Crippen molar-refractivity contribution in [2.75, 3.05) is 6.61 Å². The molecule has 2 aromatic carbocycles. The summed E-state index contributed by atoms with van der Waals surface area (Å²) in [5.41, 5.74) is 2.26. The van der Waals surface area contributed by atoms with Crippen LogP contribution in [0.25, 0.3) is 11.1 Å². The van der Waals surface area contributed by atoms with E-state index in [1.807, 2.05) is 18.2 Å². The molecule has 0 atom stereocenters. The van der Waals surface area contributed by atoms with Crippen molar-refractivity contribution >= 4 is 5.78 Å². The van der Waals surface area contributed by atoms with E-state index in [1.165, 1.54) is 12.1 Å². The van der Waals surface area contributed by atoms with Crippen LogP contribution in [0.1, 0.15) is 23.2 Å². The SMILES string of the molecule is O=C1CCCOc2cc(-c3cccc(F)c3)ccc21. The van der Waals surface area contributed by atoms with Crippen molar-refractivity contribution in [2.45, 2.75) is 12.8 Å². The summed E-state index contributed by atoms with van der Waals surface area (Å²) in [4.78, 5) is 11.9. The average molecular weight is 256 g/mol. The van der Waals surface area contributed by atoms with Crippen LogP contribution in [0.4, 0.5) is 4.39 Å². The number of carbonyl (C=O) groups excluding carboxylic acids is 1. The Balaban J connectivity index is 2.06. The van der Waals surface area contributed by atoms with Crippen molar-refractivity contribution in [3.05, 3.63) is 53.8 Å². The molecule has 2 nitrogen and oxygen atoms in total. The monoisotopic (exact) mass is 256 g/mol. The molecule has 0 spiro atoms. The van der Waals surface area contributed by atoms with Crippen LogP contribution in [0.3, 0.4) is 0 Å². The summed E-state index contributed by atoms with van der Waals surface area (Å²) in [7, 11) is 0. The van der Waals surface area contributed by atoms with E-state index in [0.717, 1.165) is 17.5 Å². The van der Waals surface area contributed by atoms with Gasteiger partial charge >= 0.3 is 0 Å². The smallest absolute Gasteiger partial charge is 0.166 e. The number of hydrogen-bond donors (Lipinski definition) is 0. The number of rotatable bonds is 1. The minimum absolute atomic E-state index is 0.110. The zero-order valence-electron chi connectivity index (χ0n) is 10.4. The Bertz CT molecular complexity index is 634. The predicted molar refractivity (Wildman–Crippen MR) is 70.9 cm³/mol. The number of hydrogen-bond acceptors (Lipinski definition) is 2. The third-order valence-corrected chi connectivity index (χ3v) is 3.25. The van der Waals surface area contributed by atoms with Crippen molar-refractivity contribution in [1.29, 1.82) is 0 Å². The van der Waals surface area contributed by atoms with E-state index in [0.29, 0.717) is 24.3 Å². The topological polar surface area (TPSA) is 26.3 Å². The van der Waals surface area contributed by atoms with Gasteiger partial charge in [0.15, 0.2) is 5.78 Å². The molecule has 1 aliphatic rings. The van der Waals surface area contributed by atoms with Crippen LogP contribution in [0.15, 0.2) is 42.5 Å². The average Bonchev–Trinajstić information content (AvgIpc) is 2.60. The van der Waals surface area contributed by atoms with E-state index in [9.17, 15) is 9.18 Å². The third kappa shape index (κ3) is 2.36. The van der Waals surface area contributed by atoms with Gasteiger partial charge in [0, 0.05) is 6.42 Å². The van der Waals surface area contributed by atoms with Crippen molar-refractivity contribution in [1.82, 2.24) is 0 Å². The van der Waals surface area contributed by atoms with Crippen LogP contribution in [0.5, 0.6) is 5.75 Å². The summed E-state index contributed by atoms with van der Waals surface area (Å²) in [5, 5.41) is 0. The molecule has 0 saturated carbocycles. The van der Waals surface area contributed by atoms with Gasteiger partial charge in [0.1, 0.15) is 11.6 Å². The molecule has 19 heavy (non-hydrogen) atoms. The van der Waals surface area contributed by atoms with Gasteiger partial charge in [-0.25, -0.2) is 4.39 Å². The second-order valence-electron chi connectivity index (χ2n) is 4.60. The van der Waals surface area contributed by atoms with Crippen LogP contribution in [0.2, 0.25) is 0 Å². The third-order valence-electron chi connectivity index (χ3n) is 3.25. The highest BCUT2D eigenvalue weighted by atomic mass is 19.1. The van der Waals surface area contributed by atoms with Crippen LogP contribution in [-0.2, 0) is 0 Å². The minimum Gasteiger partial charge on any atom is -0.493 e. The molecule has 0 aromatic heterocycles. The molecule has 0 N–H and O–H groups in total. The highest BCUT2D eigenvalue weighted by molar-refractivity contribution is 5.99. The Morgan fingerprint density at radius 1 is 1.05 bits per heavy atom. The normalized spacial score (nSPS) is 14.5. The first kappa shape index (κ1) is 11.9. The molecule has 3 heteroatoms. The summed E-state index contributed by atoms with van der Waals surface area (Å²) < 4.78 is 18.8. The number of benzene rings is 2. The van der Waals surface area contributed by atoms with Gasteiger partial charge in [-0.3, -0.25) is 4.79 Å². The standard InChI is InChI=1S/C16H13FO2/c17-13-4-1-3-11(9-13)12-6-7-14-15(18)5-2-8-19-16(14)10-12/h1,3-4,6-7,9-10H,2,5,8H2. The number of carbonyl (C=O) groups is 1. The quantitative estimate of drug-likeness (QED) is 0.774. The molecule has 3 rings (SSSR count). The molecule has 0 fully saturated rings. The predicted octanol–water partition coefficient (Wildman–Crippen LogP) is 3.85. The summed E-state index contributed by atoms with van der Waals surface area (Å²) >= 11 is 0. The second kappa shape index (κ2) is 4.84. The molecular weight excluding hydrogens is 243 g/mol. The molecule has 0 amide bonds. The second-order valence-corrected chi connectivity index (χ2v) is 4.60. The molecule has 2 aromatic rings. The highest BCUT2D eigenvalue weighted by Gasteiger charge is 2.17. The molecule has 96 valence electrons. The van der Waals surface area contributed by atoms with Crippen molar-refractivity contribution in [3.63, 3.8) is 0 Å². The number of fused-ring (bicyclic) bond motifs is 1. The maximum absolute atomic E-state index is 13.2. The van der Waals surface area contributed by atoms with E-state index in [4.69, 9.17) is 4.74 Å². The first-order valence-electron chi connectivity index (χ1n) is 6.30. The van der Waals surface area contributed by atoms with Crippen LogP contribution >= 0.6 is 0 Å². The maximum Gasteiger partial charge on any atom is 0.166 e. The molecule has 0 bridgehead atoms. The van der Waals surface area contributed by atoms with Crippen LogP contribution in [0, 0.1) is 5.82 Å². The van der Waals surface area contributed by atoms with Crippen molar-refractivity contribution in [2.24, 2.45) is 0 Å². The van der Waals surface area contributed by atoms with Gasteiger partial charge in [0.25, 0.3) is 0 Å². The van der Waals surface area contributed by atoms with E-state index >= 15 is 0 Å². The number of Topliss-reactive ketones (excluding diaryl/α,β-unsaturated/α-hetero) is 1. The Hall–Kier alpha value is -2.16. The van der Waals surface area contributed by atoms with Crippen LogP contribution in [-0.4, -0.2) is 12.4 Å².